The number of amides is 1. The topological polar surface area (TPSA) is 101 Å². The Kier molecular flexibility index (Phi) is 7.72. The van der Waals surface area contributed by atoms with Crippen LogP contribution < -0.4 is 0 Å². The van der Waals surface area contributed by atoms with E-state index >= 15 is 0 Å². The molecule has 3 rings (SSSR count). The highest BCUT2D eigenvalue weighted by atomic mass is 32.2. The van der Waals surface area contributed by atoms with Crippen LogP contribution in [0.1, 0.15) is 41.4 Å². The maximum Gasteiger partial charge on any atom is 0.417 e. The smallest absolute Gasteiger partial charge is 0.337 e. The number of pyridine rings is 1. The number of hydrogen-bond donors (Lipinski definition) is 0. The van der Waals surface area contributed by atoms with E-state index < -0.39 is 75.7 Å². The van der Waals surface area contributed by atoms with Gasteiger partial charge in [0.05, 0.1) is 26.2 Å². The van der Waals surface area contributed by atoms with Crippen molar-refractivity contribution in [2.24, 2.45) is 5.92 Å². The first kappa shape index (κ1) is 28.9. The average Bonchev–Trinajstić information content (AvgIpc) is 2.81. The van der Waals surface area contributed by atoms with Crippen molar-refractivity contribution in [3.63, 3.8) is 0 Å². The van der Waals surface area contributed by atoms with Crippen molar-refractivity contribution in [2.75, 3.05) is 19.3 Å². The molecular formula is C22H22F6N2O5S2. The Balaban J connectivity index is 1.79. The van der Waals surface area contributed by atoms with Crippen LogP contribution in [-0.4, -0.2) is 57.2 Å². The Morgan fingerprint density at radius 2 is 1.54 bits per heavy atom. The van der Waals surface area contributed by atoms with E-state index in [4.69, 9.17) is 0 Å². The van der Waals surface area contributed by atoms with Gasteiger partial charge >= 0.3 is 12.4 Å². The molecule has 1 fully saturated rings. The zero-order chi connectivity index (χ0) is 28.0. The number of carbonyl (C=O) groups excluding carboxylic acids is 1. The average molecular weight is 573 g/mol. The fourth-order valence-corrected chi connectivity index (χ4v) is 6.68. The summed E-state index contributed by atoms with van der Waals surface area (Å²) in [4.78, 5) is 16.2. The molecule has 15 heteroatoms. The quantitative estimate of drug-likeness (QED) is 0.497. The monoisotopic (exact) mass is 572 g/mol. The Labute approximate surface area is 209 Å². The fourth-order valence-electron chi connectivity index (χ4n) is 4.08. The molecule has 204 valence electrons. The summed E-state index contributed by atoms with van der Waals surface area (Å²) in [7, 11) is -8.42. The molecule has 37 heavy (non-hydrogen) atoms. The number of nitrogens with zero attached hydrogens (tertiary/aromatic N) is 2. The number of rotatable bonds is 5. The summed E-state index contributed by atoms with van der Waals surface area (Å²) in [6, 6.07) is 3.73. The maximum atomic E-state index is 13.0. The number of likely N-dealkylation sites (tertiary alicyclic amines) is 1. The van der Waals surface area contributed by atoms with Crippen LogP contribution in [0.25, 0.3) is 0 Å². The number of hydrogen-bond acceptors (Lipinski definition) is 6. The molecule has 1 amide bonds. The van der Waals surface area contributed by atoms with Crippen molar-refractivity contribution in [3.05, 3.63) is 53.3 Å². The summed E-state index contributed by atoms with van der Waals surface area (Å²) < 4.78 is 128. The van der Waals surface area contributed by atoms with E-state index in [0.29, 0.717) is 24.6 Å². The molecule has 1 unspecified atom stereocenters. The van der Waals surface area contributed by atoms with Gasteiger partial charge in [0.15, 0.2) is 19.7 Å². The molecule has 2 aromatic rings. The third-order valence-electron chi connectivity index (χ3n) is 6.25. The van der Waals surface area contributed by atoms with Crippen LogP contribution in [0.2, 0.25) is 0 Å². The molecule has 1 aromatic heterocycles. The predicted octanol–water partition coefficient (Wildman–Crippen LogP) is 4.24. The number of halogens is 6. The van der Waals surface area contributed by atoms with Crippen LogP contribution >= 0.6 is 0 Å². The second-order valence-corrected chi connectivity index (χ2v) is 13.0. The molecule has 0 saturated carbocycles. The van der Waals surface area contributed by atoms with E-state index in [0.717, 1.165) is 23.1 Å². The summed E-state index contributed by atoms with van der Waals surface area (Å²) in [5.74, 6) is -1.47. The highest BCUT2D eigenvalue weighted by Gasteiger charge is 2.38. The van der Waals surface area contributed by atoms with Gasteiger partial charge in [-0.25, -0.2) is 21.8 Å². The lowest BCUT2D eigenvalue weighted by atomic mass is 9.94. The van der Waals surface area contributed by atoms with Crippen molar-refractivity contribution in [3.8, 4) is 0 Å². The van der Waals surface area contributed by atoms with Gasteiger partial charge in [-0.15, -0.1) is 0 Å². The number of piperidine rings is 1. The van der Waals surface area contributed by atoms with Gasteiger partial charge in [-0.3, -0.25) is 4.79 Å². The third kappa shape index (κ3) is 6.25. The first-order chi connectivity index (χ1) is 16.8. The van der Waals surface area contributed by atoms with E-state index in [9.17, 15) is 48.0 Å². The van der Waals surface area contributed by atoms with E-state index in [1.54, 1.807) is 0 Å². The van der Waals surface area contributed by atoms with E-state index in [-0.39, 0.29) is 25.9 Å². The van der Waals surface area contributed by atoms with Crippen molar-refractivity contribution in [1.29, 1.82) is 0 Å². The van der Waals surface area contributed by atoms with Crippen LogP contribution in [0.3, 0.4) is 0 Å². The largest absolute Gasteiger partial charge is 0.417 e. The Morgan fingerprint density at radius 1 is 0.973 bits per heavy atom. The second-order valence-electron chi connectivity index (χ2n) is 8.75. The minimum absolute atomic E-state index is 0.0577. The summed E-state index contributed by atoms with van der Waals surface area (Å²) >= 11 is 0. The molecular weight excluding hydrogens is 550 g/mol. The SMILES string of the molecule is CC(C1CCN(C(=O)c2ncc(C(F)(F)F)cc2S(C)(=O)=O)CC1)S(=O)(=O)c1cccc(C(F)(F)F)c1. The van der Waals surface area contributed by atoms with Crippen LogP contribution in [0.5, 0.6) is 0 Å². The Morgan fingerprint density at radius 3 is 2.05 bits per heavy atom. The van der Waals surface area contributed by atoms with Crippen LogP contribution in [0, 0.1) is 5.92 Å². The second kappa shape index (κ2) is 9.89. The molecule has 1 aromatic carbocycles. The van der Waals surface area contributed by atoms with Crippen molar-refractivity contribution in [1.82, 2.24) is 9.88 Å². The molecule has 2 heterocycles. The summed E-state index contributed by atoms with van der Waals surface area (Å²) in [6.07, 6.45) is -8.38. The van der Waals surface area contributed by atoms with Crippen LogP contribution in [0.4, 0.5) is 26.3 Å². The third-order valence-corrected chi connectivity index (χ3v) is 9.64. The zero-order valence-corrected chi connectivity index (χ0v) is 21.1. The summed E-state index contributed by atoms with van der Waals surface area (Å²) in [5, 5.41) is -1.09. The standard InChI is InChI=1S/C22H22F6N2O5S2/c1-13(37(34,35)17-5-3-4-15(10-17)21(23,24)25)14-6-8-30(9-7-14)20(31)19-18(36(2,32)33)11-16(12-29-19)22(26,27)28/h3-5,10-14H,6-9H2,1-2H3. The maximum absolute atomic E-state index is 13.0. The fraction of sp³-hybridized carbons (Fsp3) is 0.455. The molecule has 0 bridgehead atoms. The van der Waals surface area contributed by atoms with Gasteiger partial charge in [-0.2, -0.15) is 26.3 Å². The highest BCUT2D eigenvalue weighted by Crippen LogP contribution is 2.35. The molecule has 1 aliphatic rings. The van der Waals surface area contributed by atoms with E-state index in [1.165, 1.54) is 6.92 Å². The van der Waals surface area contributed by atoms with Gasteiger partial charge in [0, 0.05) is 25.5 Å². The summed E-state index contributed by atoms with van der Waals surface area (Å²) in [5.41, 5.74) is -3.12. The summed E-state index contributed by atoms with van der Waals surface area (Å²) in [6.45, 7) is 1.24. The Bertz CT molecular complexity index is 1400. The van der Waals surface area contributed by atoms with Crippen molar-refractivity contribution < 1.29 is 48.0 Å². The lowest BCUT2D eigenvalue weighted by Gasteiger charge is -2.34. The molecule has 0 spiro atoms. The lowest BCUT2D eigenvalue weighted by Crippen LogP contribution is -2.43. The number of sulfone groups is 2. The van der Waals surface area contributed by atoms with Crippen LogP contribution in [-0.2, 0) is 32.0 Å². The number of alkyl halides is 6. The predicted molar refractivity (Wildman–Crippen MR) is 119 cm³/mol. The first-order valence-electron chi connectivity index (χ1n) is 10.8. The van der Waals surface area contributed by atoms with E-state index in [2.05, 4.69) is 4.98 Å². The van der Waals surface area contributed by atoms with Gasteiger partial charge in [0.1, 0.15) is 5.69 Å². The molecule has 0 aliphatic carbocycles. The van der Waals surface area contributed by atoms with Crippen LogP contribution in [0.15, 0.2) is 46.3 Å². The molecule has 1 saturated heterocycles. The van der Waals surface area contributed by atoms with E-state index in [1.807, 2.05) is 0 Å². The molecule has 1 aliphatic heterocycles. The molecule has 0 N–H and O–H groups in total. The molecule has 1 atom stereocenters. The number of carbonyl (C=O) groups is 1. The van der Waals surface area contributed by atoms with Gasteiger partial charge in [-0.05, 0) is 49.9 Å². The minimum Gasteiger partial charge on any atom is -0.337 e. The normalized spacial score (nSPS) is 17.0. The Hall–Kier alpha value is -2.68. The molecule has 7 nitrogen and oxygen atoms in total. The van der Waals surface area contributed by atoms with Gasteiger partial charge in [-0.1, -0.05) is 6.07 Å². The molecule has 0 radical (unpaired) electrons. The zero-order valence-electron chi connectivity index (χ0n) is 19.5. The van der Waals surface area contributed by atoms with Crippen molar-refractivity contribution in [2.45, 2.75) is 47.2 Å². The highest BCUT2D eigenvalue weighted by molar-refractivity contribution is 7.92. The first-order valence-corrected chi connectivity index (χ1v) is 14.2. The number of aromatic nitrogens is 1. The lowest BCUT2D eigenvalue weighted by molar-refractivity contribution is -0.138. The minimum atomic E-state index is -4.88. The van der Waals surface area contributed by atoms with Gasteiger partial charge in [0.25, 0.3) is 5.91 Å². The van der Waals surface area contributed by atoms with Gasteiger partial charge in [0.2, 0.25) is 0 Å². The van der Waals surface area contributed by atoms with Gasteiger partial charge < -0.3 is 4.90 Å². The number of benzene rings is 1. The van der Waals surface area contributed by atoms with Crippen molar-refractivity contribution >= 4 is 25.6 Å².